The SMILES string of the molecule is Cc1ccc(-c2nc(-c3ccc(C)cc3)nc(-c3cc4c5ccccc5n(-c5ccccn5)c4cc3Oc3cccc([N+]4=C=[N+](c5cc(C)c(C)c(C)c5)c5ccccc54)c3)n2)cc1. The third-order valence-corrected chi connectivity index (χ3v) is 12.2. The van der Waals surface area contributed by atoms with Crippen molar-refractivity contribution in [2.24, 2.45) is 0 Å². The highest BCUT2D eigenvalue weighted by Gasteiger charge is 2.36. The van der Waals surface area contributed by atoms with Gasteiger partial charge < -0.3 is 4.74 Å². The second-order valence-corrected chi connectivity index (χ2v) is 16.5. The fraction of sp³-hybridized carbons (Fsp3) is 0.0893. The number of benzene rings is 7. The zero-order valence-electron chi connectivity index (χ0n) is 36.2. The van der Waals surface area contributed by atoms with E-state index in [2.05, 4.69) is 188 Å². The molecule has 0 fully saturated rings. The van der Waals surface area contributed by atoms with Crippen LogP contribution in [0.2, 0.25) is 0 Å². The van der Waals surface area contributed by atoms with Crippen molar-refractivity contribution in [3.8, 4) is 51.5 Å². The van der Waals surface area contributed by atoms with Gasteiger partial charge in [-0.25, -0.2) is 19.9 Å². The number of ether oxygens (including phenoxy) is 1. The van der Waals surface area contributed by atoms with Gasteiger partial charge in [-0.15, -0.1) is 0 Å². The van der Waals surface area contributed by atoms with Crippen LogP contribution in [0.4, 0.5) is 22.7 Å². The van der Waals surface area contributed by atoms with Crippen LogP contribution in [-0.4, -0.2) is 30.5 Å². The number of aromatic nitrogens is 5. The van der Waals surface area contributed by atoms with Gasteiger partial charge in [0, 0.05) is 64.5 Å². The lowest BCUT2D eigenvalue weighted by atomic mass is 10.0. The minimum absolute atomic E-state index is 0.498. The van der Waals surface area contributed by atoms with E-state index in [1.165, 1.54) is 16.7 Å². The number of rotatable bonds is 8. The summed E-state index contributed by atoms with van der Waals surface area (Å²) in [6.07, 6.45) is 1.82. The summed E-state index contributed by atoms with van der Waals surface area (Å²) in [7, 11) is 0. The van der Waals surface area contributed by atoms with Gasteiger partial charge in [-0.3, -0.25) is 4.57 Å². The molecule has 8 heteroatoms. The average Bonchev–Trinajstić information content (AvgIpc) is 3.87. The molecule has 0 saturated carbocycles. The molecule has 4 heterocycles. The van der Waals surface area contributed by atoms with Gasteiger partial charge in [-0.2, -0.15) is 0 Å². The minimum Gasteiger partial charge on any atom is -0.456 e. The first kappa shape index (κ1) is 38.6. The molecule has 0 radical (unpaired) electrons. The Morgan fingerprint density at radius 1 is 0.500 bits per heavy atom. The van der Waals surface area contributed by atoms with Crippen LogP contribution in [0.25, 0.3) is 61.8 Å². The lowest BCUT2D eigenvalue weighted by Crippen LogP contribution is -2.03. The lowest BCUT2D eigenvalue weighted by Gasteiger charge is -2.14. The molecule has 0 amide bonds. The van der Waals surface area contributed by atoms with E-state index in [0.717, 1.165) is 78.2 Å². The van der Waals surface area contributed by atoms with Gasteiger partial charge in [-0.05, 0) is 90.8 Å². The van der Waals surface area contributed by atoms with Gasteiger partial charge in [0.25, 0.3) is 11.4 Å². The Morgan fingerprint density at radius 2 is 1.11 bits per heavy atom. The summed E-state index contributed by atoms with van der Waals surface area (Å²) in [6, 6.07) is 59.9. The van der Waals surface area contributed by atoms with E-state index < -0.39 is 0 Å². The Morgan fingerprint density at radius 3 is 1.77 bits per heavy atom. The van der Waals surface area contributed by atoms with E-state index in [-0.39, 0.29) is 0 Å². The summed E-state index contributed by atoms with van der Waals surface area (Å²) in [6.45, 7) is 10.7. The molecule has 10 aromatic rings. The van der Waals surface area contributed by atoms with Crippen molar-refractivity contribution in [3.63, 3.8) is 0 Å². The van der Waals surface area contributed by atoms with Gasteiger partial charge in [0.1, 0.15) is 17.3 Å². The first-order valence-electron chi connectivity index (χ1n) is 21.5. The van der Waals surface area contributed by atoms with Crippen molar-refractivity contribution in [2.75, 3.05) is 0 Å². The molecule has 7 aromatic carbocycles. The highest BCUT2D eigenvalue weighted by molar-refractivity contribution is 6.11. The predicted molar refractivity (Wildman–Crippen MR) is 259 cm³/mol. The van der Waals surface area contributed by atoms with E-state index in [4.69, 9.17) is 24.7 Å². The molecule has 1 aliphatic heterocycles. The summed E-state index contributed by atoms with van der Waals surface area (Å²) in [4.78, 5) is 20.3. The standard InChI is InChI=1S/C56H43N7O/c1-35-20-24-40(25-21-35)54-58-55(41-26-22-36(2)23-27-41)60-56(59-54)47-32-46-45-15-6-7-16-48(45)63(53-19-10-11-28-57-53)51(46)33-52(47)64-44-14-12-13-42(31-44)61-34-62(50-18-9-8-17-49(50)61)43-29-37(3)39(5)38(4)30-43/h6-33H,1-5H3/q+2. The van der Waals surface area contributed by atoms with Gasteiger partial charge in [0.15, 0.2) is 17.5 Å². The highest BCUT2D eigenvalue weighted by atomic mass is 16.5. The first-order chi connectivity index (χ1) is 31.3. The molecule has 8 nitrogen and oxygen atoms in total. The number of para-hydroxylation sites is 3. The van der Waals surface area contributed by atoms with Gasteiger partial charge in [-0.1, -0.05) is 102 Å². The molecule has 0 unspecified atom stereocenters. The number of hydrogen-bond acceptors (Lipinski definition) is 5. The van der Waals surface area contributed by atoms with E-state index in [1.54, 1.807) is 0 Å². The quantitative estimate of drug-likeness (QED) is 0.143. The number of hydrogen-bond donors (Lipinski definition) is 0. The van der Waals surface area contributed by atoms with Crippen LogP contribution < -0.4 is 13.9 Å². The summed E-state index contributed by atoms with van der Waals surface area (Å²) in [5.41, 5.74) is 14.6. The van der Waals surface area contributed by atoms with Crippen LogP contribution in [0.3, 0.4) is 0 Å². The molecular formula is C56H43N7O+2. The Kier molecular flexibility index (Phi) is 9.37. The third-order valence-electron chi connectivity index (χ3n) is 12.2. The topological polar surface area (TPSA) is 71.7 Å². The zero-order valence-corrected chi connectivity index (χ0v) is 36.2. The van der Waals surface area contributed by atoms with Crippen molar-refractivity contribution in [3.05, 3.63) is 198 Å². The Labute approximate surface area is 371 Å². The maximum Gasteiger partial charge on any atom is 0.503 e. The smallest absolute Gasteiger partial charge is 0.456 e. The molecule has 306 valence electrons. The fourth-order valence-corrected chi connectivity index (χ4v) is 8.55. The van der Waals surface area contributed by atoms with E-state index in [0.29, 0.717) is 29.0 Å². The number of nitrogens with zero attached hydrogens (tertiary/aromatic N) is 7. The molecule has 0 bridgehead atoms. The van der Waals surface area contributed by atoms with Crippen LogP contribution in [-0.2, 0) is 0 Å². The Hall–Kier alpha value is -8.32. The van der Waals surface area contributed by atoms with Crippen molar-refractivity contribution in [2.45, 2.75) is 34.6 Å². The molecule has 3 aromatic heterocycles. The monoisotopic (exact) mass is 829 g/mol. The van der Waals surface area contributed by atoms with Crippen LogP contribution in [0.1, 0.15) is 27.8 Å². The Bertz CT molecular complexity index is 3460. The van der Waals surface area contributed by atoms with Crippen molar-refractivity contribution in [1.82, 2.24) is 33.7 Å². The van der Waals surface area contributed by atoms with Crippen LogP contribution in [0.5, 0.6) is 11.5 Å². The maximum atomic E-state index is 7.12. The molecule has 0 N–H and O–H groups in total. The minimum atomic E-state index is 0.498. The van der Waals surface area contributed by atoms with E-state index >= 15 is 0 Å². The third kappa shape index (κ3) is 6.83. The lowest BCUT2D eigenvalue weighted by molar-refractivity contribution is 0.484. The van der Waals surface area contributed by atoms with Gasteiger partial charge in [0.05, 0.1) is 22.7 Å². The van der Waals surface area contributed by atoms with Crippen LogP contribution in [0.15, 0.2) is 170 Å². The number of pyridine rings is 1. The summed E-state index contributed by atoms with van der Waals surface area (Å²) >= 11 is 0. The average molecular weight is 830 g/mol. The highest BCUT2D eigenvalue weighted by Crippen LogP contribution is 2.43. The Balaban J connectivity index is 1.12. The van der Waals surface area contributed by atoms with E-state index in [1.807, 2.05) is 36.5 Å². The molecular weight excluding hydrogens is 787 g/mol. The molecule has 11 rings (SSSR count). The summed E-state index contributed by atoms with van der Waals surface area (Å²) in [5, 5.41) is 2.10. The predicted octanol–water partition coefficient (Wildman–Crippen LogP) is 13.6. The normalized spacial score (nSPS) is 12.1. The van der Waals surface area contributed by atoms with Crippen LogP contribution >= 0.6 is 0 Å². The molecule has 0 aliphatic carbocycles. The second-order valence-electron chi connectivity index (χ2n) is 16.5. The zero-order chi connectivity index (χ0) is 43.5. The van der Waals surface area contributed by atoms with Crippen molar-refractivity contribution in [1.29, 1.82) is 0 Å². The molecule has 64 heavy (non-hydrogen) atoms. The summed E-state index contributed by atoms with van der Waals surface area (Å²) in [5.74, 6) is 3.68. The van der Waals surface area contributed by atoms with Gasteiger partial charge >= 0.3 is 6.01 Å². The molecule has 0 atom stereocenters. The second kappa shape index (κ2) is 15.5. The fourth-order valence-electron chi connectivity index (χ4n) is 8.55. The molecule has 1 aliphatic rings. The number of fused-ring (bicyclic) bond motifs is 4. The maximum absolute atomic E-state index is 7.12. The largest absolute Gasteiger partial charge is 0.503 e. The summed E-state index contributed by atoms with van der Waals surface area (Å²) < 4.78 is 13.6. The molecule has 0 spiro atoms. The van der Waals surface area contributed by atoms with Crippen LogP contribution in [0, 0.1) is 34.6 Å². The number of aryl methyl sites for hydroxylation is 4. The van der Waals surface area contributed by atoms with Crippen molar-refractivity contribution >= 4 is 50.6 Å². The first-order valence-corrected chi connectivity index (χ1v) is 21.5. The van der Waals surface area contributed by atoms with Crippen molar-refractivity contribution < 1.29 is 4.74 Å². The van der Waals surface area contributed by atoms with E-state index in [9.17, 15) is 0 Å². The van der Waals surface area contributed by atoms with Gasteiger partial charge in [0.2, 0.25) is 11.4 Å². The molecule has 0 saturated heterocycles.